The van der Waals surface area contributed by atoms with Crippen LogP contribution in [0.2, 0.25) is 0 Å². The van der Waals surface area contributed by atoms with Gasteiger partial charge in [0.2, 0.25) is 0 Å². The third-order valence-corrected chi connectivity index (χ3v) is 3.59. The van der Waals surface area contributed by atoms with Gasteiger partial charge in [-0.15, -0.1) is 0 Å². The third-order valence-electron chi connectivity index (χ3n) is 3.59. The number of hydrogen-bond acceptors (Lipinski definition) is 2. The van der Waals surface area contributed by atoms with Crippen LogP contribution in [0, 0.1) is 5.92 Å². The van der Waals surface area contributed by atoms with Crippen molar-refractivity contribution in [1.82, 2.24) is 9.80 Å². The Hall–Kier alpha value is -0.0800. The summed E-state index contributed by atoms with van der Waals surface area (Å²) in [4.78, 5) is 5.29. The molecule has 0 bridgehead atoms. The first-order valence-corrected chi connectivity index (χ1v) is 6.29. The van der Waals surface area contributed by atoms with E-state index in [4.69, 9.17) is 0 Å². The van der Waals surface area contributed by atoms with Gasteiger partial charge in [0, 0.05) is 6.54 Å². The first-order chi connectivity index (χ1) is 6.84. The van der Waals surface area contributed by atoms with Crippen LogP contribution in [0.1, 0.15) is 39.0 Å². The average Bonchev–Trinajstić information content (AvgIpc) is 2.19. The molecule has 2 nitrogen and oxygen atoms in total. The van der Waals surface area contributed by atoms with Crippen LogP contribution < -0.4 is 0 Å². The molecular formula is C12H24N2. The summed E-state index contributed by atoms with van der Waals surface area (Å²) in [5.41, 5.74) is 0. The standard InChI is InChI=1S/C12H24N2/c1-12-6-5-9-14(10-12)11-13-7-3-2-4-8-13/h12H,2-11H2,1H3. The lowest BCUT2D eigenvalue weighted by atomic mass is 10.0. The molecule has 2 aliphatic rings. The van der Waals surface area contributed by atoms with E-state index in [0.29, 0.717) is 0 Å². The van der Waals surface area contributed by atoms with E-state index >= 15 is 0 Å². The highest BCUT2D eigenvalue weighted by molar-refractivity contribution is 4.71. The minimum atomic E-state index is 0.925. The van der Waals surface area contributed by atoms with Gasteiger partial charge in [-0.2, -0.15) is 0 Å². The molecule has 2 heteroatoms. The topological polar surface area (TPSA) is 6.48 Å². The van der Waals surface area contributed by atoms with E-state index in [1.54, 1.807) is 0 Å². The molecule has 0 radical (unpaired) electrons. The summed E-state index contributed by atoms with van der Waals surface area (Å²) in [6.45, 7) is 8.97. The number of hydrogen-bond donors (Lipinski definition) is 0. The molecule has 0 N–H and O–H groups in total. The summed E-state index contributed by atoms with van der Waals surface area (Å²) in [5, 5.41) is 0. The number of nitrogens with zero attached hydrogens (tertiary/aromatic N) is 2. The Kier molecular flexibility index (Phi) is 3.82. The zero-order chi connectivity index (χ0) is 9.80. The highest BCUT2D eigenvalue weighted by atomic mass is 15.3. The zero-order valence-corrected chi connectivity index (χ0v) is 9.54. The summed E-state index contributed by atoms with van der Waals surface area (Å²) >= 11 is 0. The summed E-state index contributed by atoms with van der Waals surface area (Å²) in [7, 11) is 0. The van der Waals surface area contributed by atoms with Gasteiger partial charge < -0.3 is 0 Å². The third kappa shape index (κ3) is 2.96. The van der Waals surface area contributed by atoms with Crippen molar-refractivity contribution in [2.45, 2.75) is 39.0 Å². The Morgan fingerprint density at radius 3 is 2.36 bits per heavy atom. The molecule has 82 valence electrons. The van der Waals surface area contributed by atoms with Crippen molar-refractivity contribution >= 4 is 0 Å². The Bertz CT molecular complexity index is 164. The fraction of sp³-hybridized carbons (Fsp3) is 1.00. The van der Waals surface area contributed by atoms with Crippen LogP contribution in [0.15, 0.2) is 0 Å². The molecule has 2 saturated heterocycles. The van der Waals surface area contributed by atoms with Gasteiger partial charge in [-0.05, 0) is 51.2 Å². The molecule has 1 atom stereocenters. The van der Waals surface area contributed by atoms with E-state index in [9.17, 15) is 0 Å². The molecule has 0 aromatic heterocycles. The maximum atomic E-state index is 2.65. The largest absolute Gasteiger partial charge is 0.290 e. The lowest BCUT2D eigenvalue weighted by molar-refractivity contribution is 0.0809. The van der Waals surface area contributed by atoms with Crippen molar-refractivity contribution in [2.75, 3.05) is 32.8 Å². The number of likely N-dealkylation sites (tertiary alicyclic amines) is 2. The van der Waals surface area contributed by atoms with E-state index in [-0.39, 0.29) is 0 Å². The molecule has 1 unspecified atom stereocenters. The van der Waals surface area contributed by atoms with Gasteiger partial charge in [0.1, 0.15) is 0 Å². The van der Waals surface area contributed by atoms with Gasteiger partial charge in [0.25, 0.3) is 0 Å². The summed E-state index contributed by atoms with van der Waals surface area (Å²) in [6.07, 6.45) is 7.14. The molecule has 2 aliphatic heterocycles. The molecule has 2 fully saturated rings. The molecule has 2 rings (SSSR count). The van der Waals surface area contributed by atoms with Gasteiger partial charge in [-0.3, -0.25) is 9.80 Å². The van der Waals surface area contributed by atoms with E-state index < -0.39 is 0 Å². The molecule has 2 heterocycles. The lowest BCUT2D eigenvalue weighted by Gasteiger charge is -2.36. The predicted molar refractivity (Wildman–Crippen MR) is 60.3 cm³/mol. The van der Waals surface area contributed by atoms with Crippen molar-refractivity contribution < 1.29 is 0 Å². The van der Waals surface area contributed by atoms with E-state index in [1.165, 1.54) is 65.0 Å². The van der Waals surface area contributed by atoms with Crippen LogP contribution in [-0.2, 0) is 0 Å². The maximum Gasteiger partial charge on any atom is 0.0506 e. The second kappa shape index (κ2) is 5.13. The second-order valence-corrected chi connectivity index (χ2v) is 5.14. The normalized spacial score (nSPS) is 31.9. The summed E-state index contributed by atoms with van der Waals surface area (Å²) in [5.74, 6) is 0.925. The van der Waals surface area contributed by atoms with E-state index in [2.05, 4.69) is 16.7 Å². The van der Waals surface area contributed by atoms with Gasteiger partial charge in [0.15, 0.2) is 0 Å². The van der Waals surface area contributed by atoms with Crippen LogP contribution in [0.3, 0.4) is 0 Å². The van der Waals surface area contributed by atoms with Gasteiger partial charge in [-0.25, -0.2) is 0 Å². The predicted octanol–water partition coefficient (Wildman–Crippen LogP) is 2.16. The van der Waals surface area contributed by atoms with Crippen LogP contribution in [-0.4, -0.2) is 42.6 Å². The molecule has 0 aromatic carbocycles. The first kappa shape index (κ1) is 10.4. The highest BCUT2D eigenvalue weighted by Crippen LogP contribution is 2.17. The molecule has 0 amide bonds. The fourth-order valence-corrected chi connectivity index (χ4v) is 2.80. The highest BCUT2D eigenvalue weighted by Gasteiger charge is 2.19. The summed E-state index contributed by atoms with van der Waals surface area (Å²) < 4.78 is 0. The fourth-order valence-electron chi connectivity index (χ4n) is 2.80. The van der Waals surface area contributed by atoms with Crippen LogP contribution in [0.5, 0.6) is 0 Å². The van der Waals surface area contributed by atoms with Crippen molar-refractivity contribution in [3.63, 3.8) is 0 Å². The zero-order valence-electron chi connectivity index (χ0n) is 9.54. The first-order valence-electron chi connectivity index (χ1n) is 6.29. The minimum absolute atomic E-state index is 0.925. The smallest absolute Gasteiger partial charge is 0.0506 e. The van der Waals surface area contributed by atoms with Gasteiger partial charge >= 0.3 is 0 Å². The summed E-state index contributed by atoms with van der Waals surface area (Å²) in [6, 6.07) is 0. The molecular weight excluding hydrogens is 172 g/mol. The Morgan fingerprint density at radius 1 is 0.929 bits per heavy atom. The Labute approximate surface area is 88.3 Å². The quantitative estimate of drug-likeness (QED) is 0.668. The average molecular weight is 196 g/mol. The maximum absolute atomic E-state index is 2.65. The second-order valence-electron chi connectivity index (χ2n) is 5.14. The molecule has 0 aliphatic carbocycles. The molecule has 0 saturated carbocycles. The molecule has 0 spiro atoms. The number of rotatable bonds is 2. The van der Waals surface area contributed by atoms with E-state index in [1.807, 2.05) is 0 Å². The monoisotopic (exact) mass is 196 g/mol. The van der Waals surface area contributed by atoms with Gasteiger partial charge in [0.05, 0.1) is 6.67 Å². The lowest BCUT2D eigenvalue weighted by Crippen LogP contribution is -2.44. The minimum Gasteiger partial charge on any atom is -0.290 e. The Morgan fingerprint density at radius 2 is 1.64 bits per heavy atom. The van der Waals surface area contributed by atoms with Gasteiger partial charge in [-0.1, -0.05) is 13.3 Å². The van der Waals surface area contributed by atoms with Crippen LogP contribution in [0.25, 0.3) is 0 Å². The van der Waals surface area contributed by atoms with Crippen molar-refractivity contribution in [3.8, 4) is 0 Å². The SMILES string of the molecule is CC1CCCN(CN2CCCCC2)C1. The van der Waals surface area contributed by atoms with Crippen molar-refractivity contribution in [1.29, 1.82) is 0 Å². The Balaban J connectivity index is 1.72. The molecule has 14 heavy (non-hydrogen) atoms. The molecule has 0 aromatic rings. The van der Waals surface area contributed by atoms with Crippen LogP contribution in [0.4, 0.5) is 0 Å². The van der Waals surface area contributed by atoms with Crippen molar-refractivity contribution in [2.24, 2.45) is 5.92 Å². The van der Waals surface area contributed by atoms with Crippen molar-refractivity contribution in [3.05, 3.63) is 0 Å². The number of piperidine rings is 2. The van der Waals surface area contributed by atoms with Crippen LogP contribution >= 0.6 is 0 Å². The van der Waals surface area contributed by atoms with E-state index in [0.717, 1.165) is 5.92 Å².